The molecule has 1 fully saturated rings. The molecule has 1 aliphatic rings. The zero-order valence-electron chi connectivity index (χ0n) is 12.7. The quantitative estimate of drug-likeness (QED) is 0.589. The maximum absolute atomic E-state index is 12.1. The maximum Gasteiger partial charge on any atom is 0.297 e. The Balaban J connectivity index is 2.05. The lowest BCUT2D eigenvalue weighted by atomic mass is 9.99. The van der Waals surface area contributed by atoms with E-state index in [1.54, 1.807) is 12.1 Å². The second kappa shape index (κ2) is 7.22. The molecule has 0 bridgehead atoms. The summed E-state index contributed by atoms with van der Waals surface area (Å²) < 4.78 is 39.1. The molecule has 1 aliphatic heterocycles. The van der Waals surface area contributed by atoms with Crippen LogP contribution in [0.25, 0.3) is 0 Å². The molecule has 2 rings (SSSR count). The van der Waals surface area contributed by atoms with Gasteiger partial charge in [0.25, 0.3) is 10.1 Å². The smallest absolute Gasteiger partial charge is 0.297 e. The number of rotatable bonds is 5. The van der Waals surface area contributed by atoms with E-state index in [9.17, 15) is 23.7 Å². The normalized spacial score (nSPS) is 32.0. The van der Waals surface area contributed by atoms with Gasteiger partial charge in [0.1, 0.15) is 24.4 Å². The molecule has 3 N–H and O–H groups in total. The van der Waals surface area contributed by atoms with Gasteiger partial charge in [0.05, 0.1) is 11.5 Å². The lowest BCUT2D eigenvalue weighted by Gasteiger charge is -2.39. The molecule has 130 valence electrons. The van der Waals surface area contributed by atoms with Gasteiger partial charge >= 0.3 is 0 Å². The molecule has 1 aromatic carbocycles. The van der Waals surface area contributed by atoms with E-state index in [2.05, 4.69) is 0 Å². The molecule has 1 heterocycles. The minimum Gasteiger partial charge on any atom is -0.387 e. The first-order valence-corrected chi connectivity index (χ1v) is 8.35. The summed E-state index contributed by atoms with van der Waals surface area (Å²) in [6.45, 7) is 1.29. The highest BCUT2D eigenvalue weighted by Crippen LogP contribution is 2.23. The Kier molecular flexibility index (Phi) is 5.74. The van der Waals surface area contributed by atoms with Gasteiger partial charge in [0, 0.05) is 7.11 Å². The predicted octanol–water partition coefficient (Wildman–Crippen LogP) is -0.846. The number of methoxy groups -OCH3 is 1. The molecule has 0 spiro atoms. The van der Waals surface area contributed by atoms with Gasteiger partial charge in [-0.2, -0.15) is 8.42 Å². The molecule has 0 saturated carbocycles. The number of aliphatic hydroxyl groups is 3. The van der Waals surface area contributed by atoms with Crippen molar-refractivity contribution in [3.05, 3.63) is 29.8 Å². The average molecular weight is 348 g/mol. The van der Waals surface area contributed by atoms with Crippen molar-refractivity contribution in [2.75, 3.05) is 13.7 Å². The first kappa shape index (κ1) is 18.3. The van der Waals surface area contributed by atoms with Crippen LogP contribution in [0.2, 0.25) is 0 Å². The highest BCUT2D eigenvalue weighted by Gasteiger charge is 2.44. The van der Waals surface area contributed by atoms with Crippen LogP contribution >= 0.6 is 0 Å². The Morgan fingerprint density at radius 1 is 1.09 bits per heavy atom. The molecule has 0 amide bonds. The summed E-state index contributed by atoms with van der Waals surface area (Å²) in [5, 5.41) is 29.2. The predicted molar refractivity (Wildman–Crippen MR) is 78.0 cm³/mol. The Hall–Kier alpha value is -1.07. The van der Waals surface area contributed by atoms with Crippen molar-refractivity contribution in [3.8, 4) is 0 Å². The molecule has 0 aromatic heterocycles. The van der Waals surface area contributed by atoms with Crippen molar-refractivity contribution in [2.45, 2.75) is 42.5 Å². The van der Waals surface area contributed by atoms with Crippen LogP contribution in [0.4, 0.5) is 0 Å². The van der Waals surface area contributed by atoms with Crippen molar-refractivity contribution in [2.24, 2.45) is 0 Å². The summed E-state index contributed by atoms with van der Waals surface area (Å²) in [7, 11) is -2.78. The Morgan fingerprint density at radius 2 is 1.70 bits per heavy atom. The van der Waals surface area contributed by atoms with Gasteiger partial charge in [-0.15, -0.1) is 0 Å². The second-order valence-electron chi connectivity index (χ2n) is 5.30. The fraction of sp³-hybridized carbons (Fsp3) is 0.571. The molecular weight excluding hydrogens is 328 g/mol. The SMILES string of the molecule is CO[C@H]1OC(COS(=O)(=O)c2ccc(C)cc2)[C@@H](O)C(O)C1O. The maximum atomic E-state index is 12.1. The zero-order valence-corrected chi connectivity index (χ0v) is 13.5. The number of benzene rings is 1. The number of hydrogen-bond acceptors (Lipinski definition) is 8. The number of aliphatic hydroxyl groups excluding tert-OH is 3. The molecule has 3 unspecified atom stereocenters. The van der Waals surface area contributed by atoms with Gasteiger partial charge in [-0.1, -0.05) is 17.7 Å². The summed E-state index contributed by atoms with van der Waals surface area (Å²) in [5.74, 6) is 0. The molecule has 9 heteroatoms. The van der Waals surface area contributed by atoms with E-state index in [-0.39, 0.29) is 4.90 Å². The lowest BCUT2D eigenvalue weighted by Crippen LogP contribution is -2.59. The minimum absolute atomic E-state index is 0.0303. The van der Waals surface area contributed by atoms with Gasteiger partial charge in [0.2, 0.25) is 0 Å². The van der Waals surface area contributed by atoms with E-state index in [1.807, 2.05) is 6.92 Å². The van der Waals surface area contributed by atoms with Gasteiger partial charge in [0.15, 0.2) is 6.29 Å². The third-order valence-corrected chi connectivity index (χ3v) is 4.89. The Bertz CT molecular complexity index is 612. The van der Waals surface area contributed by atoms with Crippen LogP contribution in [0, 0.1) is 6.92 Å². The van der Waals surface area contributed by atoms with E-state index >= 15 is 0 Å². The highest BCUT2D eigenvalue weighted by molar-refractivity contribution is 7.86. The van der Waals surface area contributed by atoms with E-state index in [4.69, 9.17) is 13.7 Å². The van der Waals surface area contributed by atoms with Crippen LogP contribution in [0.3, 0.4) is 0 Å². The first-order chi connectivity index (χ1) is 10.8. The number of ether oxygens (including phenoxy) is 2. The molecule has 0 radical (unpaired) electrons. The van der Waals surface area contributed by atoms with Crippen molar-refractivity contribution in [1.82, 2.24) is 0 Å². The van der Waals surface area contributed by atoms with Crippen molar-refractivity contribution >= 4 is 10.1 Å². The van der Waals surface area contributed by atoms with E-state index in [1.165, 1.54) is 19.2 Å². The fourth-order valence-electron chi connectivity index (χ4n) is 2.18. The molecular formula is C14H20O8S. The third-order valence-electron chi connectivity index (χ3n) is 3.60. The third kappa shape index (κ3) is 4.07. The lowest BCUT2D eigenvalue weighted by molar-refractivity contribution is -0.293. The van der Waals surface area contributed by atoms with E-state index in [0.29, 0.717) is 0 Å². The molecule has 5 atom stereocenters. The second-order valence-corrected chi connectivity index (χ2v) is 6.92. The largest absolute Gasteiger partial charge is 0.387 e. The van der Waals surface area contributed by atoms with Gasteiger partial charge in [-0.05, 0) is 19.1 Å². The minimum atomic E-state index is -4.03. The van der Waals surface area contributed by atoms with E-state index in [0.717, 1.165) is 5.56 Å². The summed E-state index contributed by atoms with van der Waals surface area (Å²) in [6, 6.07) is 6.06. The number of aryl methyl sites for hydroxylation is 1. The summed E-state index contributed by atoms with van der Waals surface area (Å²) in [4.78, 5) is -0.0303. The molecule has 0 aliphatic carbocycles. The van der Waals surface area contributed by atoms with Crippen molar-refractivity contribution in [3.63, 3.8) is 0 Å². The van der Waals surface area contributed by atoms with Crippen LogP contribution in [0.5, 0.6) is 0 Å². The van der Waals surface area contributed by atoms with E-state index < -0.39 is 47.4 Å². The van der Waals surface area contributed by atoms with Crippen LogP contribution in [-0.2, 0) is 23.8 Å². The van der Waals surface area contributed by atoms with Crippen LogP contribution in [0.1, 0.15) is 5.56 Å². The molecule has 8 nitrogen and oxygen atoms in total. The Labute approximate surface area is 134 Å². The topological polar surface area (TPSA) is 123 Å². The summed E-state index contributed by atoms with van der Waals surface area (Å²) in [6.07, 6.45) is -6.85. The van der Waals surface area contributed by atoms with Crippen LogP contribution < -0.4 is 0 Å². The fourth-order valence-corrected chi connectivity index (χ4v) is 3.10. The highest BCUT2D eigenvalue weighted by atomic mass is 32.2. The molecule has 1 saturated heterocycles. The number of hydrogen-bond donors (Lipinski definition) is 3. The molecule has 23 heavy (non-hydrogen) atoms. The standard InChI is InChI=1S/C14H20O8S/c1-8-3-5-9(6-4-8)23(18,19)21-7-10-11(15)12(16)13(17)14(20-2)22-10/h3-6,10-17H,7H2,1-2H3/t10?,11-,12?,13?,14+/m1/s1. The van der Waals surface area contributed by atoms with Crippen molar-refractivity contribution in [1.29, 1.82) is 0 Å². The van der Waals surface area contributed by atoms with Gasteiger partial charge in [-0.3, -0.25) is 4.18 Å². The van der Waals surface area contributed by atoms with Gasteiger partial charge in [-0.25, -0.2) is 0 Å². The average Bonchev–Trinajstić information content (AvgIpc) is 2.52. The van der Waals surface area contributed by atoms with Gasteiger partial charge < -0.3 is 24.8 Å². The van der Waals surface area contributed by atoms with Crippen LogP contribution in [-0.4, -0.2) is 68.2 Å². The summed E-state index contributed by atoms with van der Waals surface area (Å²) in [5.41, 5.74) is 0.898. The monoisotopic (exact) mass is 348 g/mol. The van der Waals surface area contributed by atoms with Crippen molar-refractivity contribution < 1.29 is 37.4 Å². The zero-order chi connectivity index (χ0) is 17.2. The first-order valence-electron chi connectivity index (χ1n) is 6.95. The summed E-state index contributed by atoms with van der Waals surface area (Å²) >= 11 is 0. The van der Waals surface area contributed by atoms with Crippen LogP contribution in [0.15, 0.2) is 29.2 Å². The Morgan fingerprint density at radius 3 is 2.26 bits per heavy atom. The molecule has 1 aromatic rings.